The lowest BCUT2D eigenvalue weighted by atomic mass is 10.2. The van der Waals surface area contributed by atoms with Gasteiger partial charge >= 0.3 is 0 Å². The third-order valence-electron chi connectivity index (χ3n) is 14.3. The molecule has 0 spiro atoms. The van der Waals surface area contributed by atoms with E-state index in [1.54, 1.807) is 47.6 Å². The molecule has 32 nitrogen and oxygen atoms in total. The van der Waals surface area contributed by atoms with Crippen molar-refractivity contribution < 1.29 is 38.4 Å². The molecule has 0 aromatic carbocycles. The van der Waals surface area contributed by atoms with E-state index in [2.05, 4.69) is 109 Å². The Kier molecular flexibility index (Phi) is 22.8. The van der Waals surface area contributed by atoms with Crippen molar-refractivity contribution in [1.29, 1.82) is 0 Å². The van der Waals surface area contributed by atoms with Gasteiger partial charge in [-0.15, -0.1) is 0 Å². The van der Waals surface area contributed by atoms with Crippen LogP contribution in [0.3, 0.4) is 0 Å². The number of carbonyl (C=O) groups is 8. The van der Waals surface area contributed by atoms with Gasteiger partial charge in [0, 0.05) is 36.0 Å². The molecule has 0 radical (unpaired) electrons. The fourth-order valence-electron chi connectivity index (χ4n) is 9.40. The first-order valence-corrected chi connectivity index (χ1v) is 32.5. The number of primary amides is 1. The molecule has 0 saturated heterocycles. The summed E-state index contributed by atoms with van der Waals surface area (Å²) in [6, 6.07) is 10.1. The molecule has 10 heterocycles. The molecule has 38 heteroatoms. The minimum absolute atomic E-state index is 0.0260. The average molecular weight is 1560 g/mol. The summed E-state index contributed by atoms with van der Waals surface area (Å²) in [5, 5.41) is 22.7. The Bertz CT molecular complexity index is 4520. The molecule has 7 aromatic heterocycles. The molecular formula is C60H62Br2Cl4N20O12. The zero-order valence-corrected chi connectivity index (χ0v) is 59.3. The van der Waals surface area contributed by atoms with Gasteiger partial charge in [-0.3, -0.25) is 66.4 Å². The summed E-state index contributed by atoms with van der Waals surface area (Å²) >= 11 is 30.0. The highest BCUT2D eigenvalue weighted by molar-refractivity contribution is 9.10. The zero-order chi connectivity index (χ0) is 72.2. The largest absolute Gasteiger partial charge is 0.384 e. The first-order valence-electron chi connectivity index (χ1n) is 29.4. The summed E-state index contributed by atoms with van der Waals surface area (Å²) in [6.07, 6.45) is 9.39. The molecule has 13 N–H and O–H groups in total. The summed E-state index contributed by atoms with van der Waals surface area (Å²) in [5.74, 6) is 0.578. The summed E-state index contributed by atoms with van der Waals surface area (Å²) in [5.41, 5.74) is 6.97. The summed E-state index contributed by atoms with van der Waals surface area (Å²) in [6.45, 7) is 13.4. The number of ketones is 1. The number of H-pyrrole nitrogens is 1. The van der Waals surface area contributed by atoms with Crippen LogP contribution in [0.5, 0.6) is 0 Å². The van der Waals surface area contributed by atoms with E-state index in [0.717, 1.165) is 38.5 Å². The molecular weight excluding hydrogens is 1490 g/mol. The molecule has 0 unspecified atom stereocenters. The van der Waals surface area contributed by atoms with Gasteiger partial charge in [0.2, 0.25) is 17.7 Å². The SMILES string of the molecule is CC(C)=O.CC1(C)NC(=O)c2c(Cl)cc(Br)c(=O)n21.CC1(C)NC(=O)c2c(Cl)cc(Nc3cc(NC(=O)C4CC4)ncn3)c(=O)n21.CC1(C)NC(=O)c2c(Cl)cc(Nc3cc(NC(=O)C4CC4)ncn3)c(=O)n21.NC(=O)c1[nH]c(=O)c(Br)cc1Cl.Nc1cc(NC(=O)C2CC2)ncn1. The number of halogens is 6. The van der Waals surface area contributed by atoms with E-state index in [4.69, 9.17) is 57.9 Å². The molecule has 7 aromatic rings. The highest BCUT2D eigenvalue weighted by Crippen LogP contribution is 2.35. The summed E-state index contributed by atoms with van der Waals surface area (Å²) < 4.78 is 4.61. The zero-order valence-electron chi connectivity index (χ0n) is 53.1. The van der Waals surface area contributed by atoms with Crippen LogP contribution in [-0.2, 0) is 36.2 Å². The monoisotopic (exact) mass is 1550 g/mol. The lowest BCUT2D eigenvalue weighted by Crippen LogP contribution is -2.42. The second-order valence-corrected chi connectivity index (χ2v) is 27.4. The number of nitrogens with two attached hydrogens (primary N) is 2. The van der Waals surface area contributed by atoms with Crippen molar-refractivity contribution >= 4 is 172 Å². The van der Waals surface area contributed by atoms with Gasteiger partial charge in [0.1, 0.15) is 111 Å². The van der Waals surface area contributed by atoms with Crippen molar-refractivity contribution in [2.45, 2.75) is 111 Å². The first kappa shape index (κ1) is 74.3. The fourth-order valence-corrected chi connectivity index (χ4v) is 11.5. The number of hydrogen-bond acceptors (Lipinski definition) is 21. The van der Waals surface area contributed by atoms with Crippen LogP contribution >= 0.6 is 78.3 Å². The maximum Gasteiger partial charge on any atom is 0.276 e. The molecule has 98 heavy (non-hydrogen) atoms. The Morgan fingerprint density at radius 1 is 0.480 bits per heavy atom. The second kappa shape index (κ2) is 30.1. The van der Waals surface area contributed by atoms with Gasteiger partial charge in [-0.2, -0.15) is 0 Å². The number of Topliss-reactive ketones (excluding diaryl/α,β-unsaturated/α-hetero) is 1. The third-order valence-corrected chi connectivity index (χ3v) is 16.7. The van der Waals surface area contributed by atoms with Crippen molar-refractivity contribution in [3.8, 4) is 0 Å². The Balaban J connectivity index is 0.000000160. The third kappa shape index (κ3) is 18.2. The van der Waals surface area contributed by atoms with Crippen molar-refractivity contribution in [2.75, 3.05) is 32.3 Å². The normalized spacial score (nSPS) is 15.7. The number of nitrogens with one attached hydrogen (secondary N) is 9. The molecule has 0 atom stereocenters. The number of amides is 7. The van der Waals surface area contributed by atoms with Crippen molar-refractivity contribution in [1.82, 2.24) is 64.5 Å². The van der Waals surface area contributed by atoms with Gasteiger partial charge in [0.05, 0.1) is 29.0 Å². The maximum absolute atomic E-state index is 12.9. The maximum atomic E-state index is 12.9. The topological polar surface area (TPSA) is 461 Å². The quantitative estimate of drug-likeness (QED) is 0.0608. The molecule has 3 aliphatic heterocycles. The van der Waals surface area contributed by atoms with Crippen LogP contribution in [-0.4, -0.2) is 95.7 Å². The number of hydrogen-bond donors (Lipinski definition) is 11. The Morgan fingerprint density at radius 2 is 0.796 bits per heavy atom. The number of anilines is 8. The Hall–Kier alpha value is -9.48. The predicted molar refractivity (Wildman–Crippen MR) is 371 cm³/mol. The minimum Gasteiger partial charge on any atom is -0.384 e. The molecule has 3 fully saturated rings. The average Bonchev–Trinajstić information content (AvgIpc) is 1.61. The molecule has 7 amide bonds. The Morgan fingerprint density at radius 3 is 1.14 bits per heavy atom. The Labute approximate surface area is 592 Å². The smallest absolute Gasteiger partial charge is 0.276 e. The molecule has 13 rings (SSSR count). The first-order chi connectivity index (χ1) is 45.9. The van der Waals surface area contributed by atoms with Gasteiger partial charge in [0.15, 0.2) is 0 Å². The lowest BCUT2D eigenvalue weighted by Gasteiger charge is -2.22. The van der Waals surface area contributed by atoms with Crippen molar-refractivity contribution in [3.05, 3.63) is 155 Å². The van der Waals surface area contributed by atoms with E-state index in [1.165, 1.54) is 82.9 Å². The van der Waals surface area contributed by atoms with Gasteiger partial charge < -0.3 is 63.8 Å². The molecule has 3 aliphatic carbocycles. The van der Waals surface area contributed by atoms with Crippen molar-refractivity contribution in [3.63, 3.8) is 0 Å². The van der Waals surface area contributed by atoms with Crippen molar-refractivity contribution in [2.24, 2.45) is 23.5 Å². The number of aromatic nitrogens is 10. The lowest BCUT2D eigenvalue weighted by molar-refractivity contribution is -0.118. The molecule has 6 aliphatic rings. The molecule has 0 bridgehead atoms. The highest BCUT2D eigenvalue weighted by Gasteiger charge is 2.41. The molecule has 3 saturated carbocycles. The predicted octanol–water partition coefficient (Wildman–Crippen LogP) is 7.23. The number of rotatable bonds is 11. The van der Waals surface area contributed by atoms with E-state index in [9.17, 15) is 57.5 Å². The number of aromatic amines is 1. The van der Waals surface area contributed by atoms with E-state index in [0.29, 0.717) is 39.4 Å². The number of nitrogen functional groups attached to an aromatic ring is 1. The summed E-state index contributed by atoms with van der Waals surface area (Å²) in [7, 11) is 0. The van der Waals surface area contributed by atoms with Gasteiger partial charge in [-0.25, -0.2) is 29.9 Å². The van der Waals surface area contributed by atoms with E-state index in [1.807, 2.05) is 0 Å². The highest BCUT2D eigenvalue weighted by atomic mass is 79.9. The number of carbonyl (C=O) groups excluding carboxylic acids is 8. The standard InChI is InChI=1S/2C17H17ClN6O3.C9H8BrClN2O2.C8H10N4O.C6H4BrClN2O2.C3H6O/c2*1-17(2)23-15(26)13-9(18)5-10(16(27)24(13)17)21-11-6-12(20-7-19-11)22-14(25)8-3-4-8;1-9(2)12-7(14)6-5(11)3-4(10)8(15)13(6)9;9-6-3-7(11-4-10-6)12-8(13)5-1-2-5;7-2-1-3(8)4(5(9)11)10-6(2)12;1-3(2)4/h2*5-8H,3-4H2,1-2H3,(H,23,26)(H2,19,20,21,22,25);3H,1-2H3,(H,12,14);3-5H,1-2H2,(H3,9,10,11,12,13);1H,(H2,9,11)(H,10,12);1-2H3. The van der Waals surface area contributed by atoms with Gasteiger partial charge in [0.25, 0.3) is 45.9 Å². The van der Waals surface area contributed by atoms with Gasteiger partial charge in [-0.05, 0) is 150 Å². The van der Waals surface area contributed by atoms with E-state index in [-0.39, 0.29) is 111 Å². The van der Waals surface area contributed by atoms with Crippen LogP contribution in [0.25, 0.3) is 0 Å². The number of fused-ring (bicyclic) bond motifs is 3. The number of pyridine rings is 4. The number of nitrogens with zero attached hydrogens (tertiary/aromatic N) is 9. The summed E-state index contributed by atoms with van der Waals surface area (Å²) in [4.78, 5) is 165. The van der Waals surface area contributed by atoms with E-state index < -0.39 is 51.4 Å². The van der Waals surface area contributed by atoms with E-state index >= 15 is 0 Å². The van der Waals surface area contributed by atoms with Crippen LogP contribution in [0.1, 0.15) is 136 Å². The van der Waals surface area contributed by atoms with Crippen LogP contribution < -0.4 is 76.2 Å². The van der Waals surface area contributed by atoms with Gasteiger partial charge in [-0.1, -0.05) is 46.4 Å². The fraction of sp³-hybridized carbons (Fsp3) is 0.333. The molecule has 516 valence electrons. The van der Waals surface area contributed by atoms with Crippen LogP contribution in [0, 0.1) is 17.8 Å². The van der Waals surface area contributed by atoms with Crippen LogP contribution in [0.4, 0.5) is 46.3 Å². The second-order valence-electron chi connectivity index (χ2n) is 24.0. The van der Waals surface area contributed by atoms with Crippen LogP contribution in [0.15, 0.2) is 89.6 Å². The minimum atomic E-state index is -0.903. The van der Waals surface area contributed by atoms with Crippen LogP contribution in [0.2, 0.25) is 20.1 Å².